The molecule has 206 valence electrons. The van der Waals surface area contributed by atoms with E-state index < -0.39 is 23.7 Å². The van der Waals surface area contributed by atoms with E-state index in [0.717, 1.165) is 60.2 Å². The van der Waals surface area contributed by atoms with Gasteiger partial charge in [-0.3, -0.25) is 34.1 Å². The summed E-state index contributed by atoms with van der Waals surface area (Å²) in [7, 11) is 0. The van der Waals surface area contributed by atoms with E-state index in [1.165, 1.54) is 0 Å². The van der Waals surface area contributed by atoms with Gasteiger partial charge in [0, 0.05) is 49.6 Å². The number of amides is 4. The van der Waals surface area contributed by atoms with E-state index in [-0.39, 0.29) is 30.6 Å². The van der Waals surface area contributed by atoms with Crippen molar-refractivity contribution >= 4 is 40.2 Å². The van der Waals surface area contributed by atoms with Crippen LogP contribution in [-0.4, -0.2) is 62.4 Å². The van der Waals surface area contributed by atoms with Gasteiger partial charge >= 0.3 is 0 Å². The Kier molecular flexibility index (Phi) is 5.67. The fourth-order valence-corrected chi connectivity index (χ4v) is 6.62. The van der Waals surface area contributed by atoms with Crippen LogP contribution in [0.3, 0.4) is 0 Å². The second-order valence-electron chi connectivity index (χ2n) is 11.5. The van der Waals surface area contributed by atoms with Crippen LogP contribution in [0, 0.1) is 11.8 Å². The van der Waals surface area contributed by atoms with Crippen molar-refractivity contribution in [2.75, 3.05) is 18.0 Å². The van der Waals surface area contributed by atoms with Gasteiger partial charge in [-0.2, -0.15) is 5.10 Å². The summed E-state index contributed by atoms with van der Waals surface area (Å²) in [5.74, 6) is -0.425. The van der Waals surface area contributed by atoms with Crippen LogP contribution in [0.1, 0.15) is 74.3 Å². The van der Waals surface area contributed by atoms with Crippen LogP contribution < -0.4 is 10.2 Å². The van der Waals surface area contributed by atoms with Crippen LogP contribution in [0.2, 0.25) is 0 Å². The first-order valence-electron chi connectivity index (χ1n) is 14.7. The smallest absolute Gasteiger partial charge is 0.260 e. The molecule has 3 aliphatic heterocycles. The molecule has 5 heterocycles. The van der Waals surface area contributed by atoms with E-state index in [2.05, 4.69) is 28.5 Å². The van der Waals surface area contributed by atoms with E-state index in [9.17, 15) is 19.2 Å². The van der Waals surface area contributed by atoms with Gasteiger partial charge in [0.15, 0.2) is 0 Å². The first kappa shape index (κ1) is 23.8. The lowest BCUT2D eigenvalue weighted by Gasteiger charge is -2.39. The third kappa shape index (κ3) is 4.00. The van der Waals surface area contributed by atoms with E-state index >= 15 is 0 Å². The number of aromatic nitrogens is 3. The molecule has 7 rings (SSSR count). The lowest BCUT2D eigenvalue weighted by atomic mass is 9.74. The number of carbonyl (C=O) groups is 4. The van der Waals surface area contributed by atoms with E-state index in [0.29, 0.717) is 29.2 Å². The van der Waals surface area contributed by atoms with Gasteiger partial charge < -0.3 is 4.90 Å². The molecule has 0 spiro atoms. The molecule has 3 aromatic rings. The van der Waals surface area contributed by atoms with Crippen LogP contribution >= 0.6 is 0 Å². The summed E-state index contributed by atoms with van der Waals surface area (Å²) in [6.45, 7) is 3.68. The Labute approximate surface area is 233 Å². The molecule has 10 heteroatoms. The Morgan fingerprint density at radius 3 is 2.65 bits per heavy atom. The minimum Gasteiger partial charge on any atom is -0.342 e. The van der Waals surface area contributed by atoms with Crippen molar-refractivity contribution in [3.8, 4) is 0 Å². The molecule has 4 aliphatic rings. The summed E-state index contributed by atoms with van der Waals surface area (Å²) in [5.41, 5.74) is 2.33. The molecule has 0 bridgehead atoms. The highest BCUT2D eigenvalue weighted by molar-refractivity contribution is 6.26. The molecule has 2 saturated heterocycles. The summed E-state index contributed by atoms with van der Waals surface area (Å²) in [6, 6.07) is 3.72. The van der Waals surface area contributed by atoms with Gasteiger partial charge in [-0.05, 0) is 60.6 Å². The number of rotatable bonds is 5. The summed E-state index contributed by atoms with van der Waals surface area (Å²) < 4.78 is 10.9. The monoisotopic (exact) mass is 541 g/mol. The third-order valence-corrected chi connectivity index (χ3v) is 9.13. The molecule has 0 radical (unpaired) electrons. The number of benzene rings is 1. The topological polar surface area (TPSA) is 118 Å². The SMILES string of the molecule is [2H]C1(N2C(=O)c3cccc4c(Cc5cnn(C6CCN(C(=O)C7CCC7C)CC6)c5)cnc2c34)CCC(=O)NC1=O. The zero-order valence-electron chi connectivity index (χ0n) is 23.4. The van der Waals surface area contributed by atoms with Crippen LogP contribution in [0.15, 0.2) is 36.8 Å². The highest BCUT2D eigenvalue weighted by atomic mass is 16.2. The molecule has 3 unspecified atom stereocenters. The maximum absolute atomic E-state index is 13.5. The predicted octanol–water partition coefficient (Wildman–Crippen LogP) is 3.00. The van der Waals surface area contributed by atoms with E-state index in [1.54, 1.807) is 18.3 Å². The first-order chi connectivity index (χ1) is 19.7. The van der Waals surface area contributed by atoms with E-state index in [1.807, 2.05) is 21.8 Å². The van der Waals surface area contributed by atoms with Gasteiger partial charge in [-0.15, -0.1) is 0 Å². The second kappa shape index (κ2) is 9.53. The average Bonchev–Trinajstić information content (AvgIpc) is 3.55. The number of pyridine rings is 1. The van der Waals surface area contributed by atoms with Crippen molar-refractivity contribution in [3.63, 3.8) is 0 Å². The van der Waals surface area contributed by atoms with Gasteiger partial charge in [0.25, 0.3) is 5.91 Å². The number of likely N-dealkylation sites (tertiary alicyclic amines) is 1. The number of imide groups is 1. The Hall–Kier alpha value is -4.08. The quantitative estimate of drug-likeness (QED) is 0.497. The van der Waals surface area contributed by atoms with Gasteiger partial charge in [0.2, 0.25) is 17.7 Å². The number of carbonyl (C=O) groups excluding carboxylic acids is 4. The standard InChI is InChI=1S/C30H32N6O4/c1-17-5-6-21(17)29(39)34-11-9-20(10-12-34)35-16-18(14-32-35)13-19-15-31-27-26-22(19)3-2-4-23(26)30(40)36(27)24-7-8-25(37)33-28(24)38/h2-4,14-17,20-21,24H,5-13H2,1H3,(H,33,37,38)/i24D. The average molecular weight is 542 g/mol. The molecule has 2 aromatic heterocycles. The third-order valence-electron chi connectivity index (χ3n) is 9.13. The zero-order chi connectivity index (χ0) is 28.5. The lowest BCUT2D eigenvalue weighted by molar-refractivity contribution is -0.142. The molecule has 10 nitrogen and oxygen atoms in total. The zero-order valence-corrected chi connectivity index (χ0v) is 22.4. The maximum atomic E-state index is 13.5. The maximum Gasteiger partial charge on any atom is 0.260 e. The molecule has 1 N–H and O–H groups in total. The van der Waals surface area contributed by atoms with Gasteiger partial charge in [0.05, 0.1) is 19.2 Å². The molecule has 1 saturated carbocycles. The van der Waals surface area contributed by atoms with Gasteiger partial charge in [0.1, 0.15) is 11.8 Å². The number of nitrogens with zero attached hydrogens (tertiary/aromatic N) is 5. The lowest BCUT2D eigenvalue weighted by Crippen LogP contribution is -2.53. The number of piperidine rings is 2. The molecule has 3 fully saturated rings. The van der Waals surface area contributed by atoms with Gasteiger partial charge in [-0.1, -0.05) is 19.1 Å². The fourth-order valence-electron chi connectivity index (χ4n) is 6.62. The molecule has 3 atom stereocenters. The molecule has 1 aliphatic carbocycles. The second-order valence-corrected chi connectivity index (χ2v) is 11.5. The summed E-state index contributed by atoms with van der Waals surface area (Å²) in [5, 5.41) is 8.31. The van der Waals surface area contributed by atoms with Crippen molar-refractivity contribution in [1.29, 1.82) is 0 Å². The number of anilines is 1. The Morgan fingerprint density at radius 1 is 1.10 bits per heavy atom. The first-order valence-corrected chi connectivity index (χ1v) is 14.2. The highest BCUT2D eigenvalue weighted by Crippen LogP contribution is 2.40. The summed E-state index contributed by atoms with van der Waals surface area (Å²) >= 11 is 0. The van der Waals surface area contributed by atoms with Crippen LogP contribution in [0.4, 0.5) is 5.82 Å². The fraction of sp³-hybridized carbons (Fsp3) is 0.467. The molecule has 40 heavy (non-hydrogen) atoms. The highest BCUT2D eigenvalue weighted by Gasteiger charge is 2.42. The van der Waals surface area contributed by atoms with Crippen molar-refractivity contribution in [2.24, 2.45) is 11.8 Å². The summed E-state index contributed by atoms with van der Waals surface area (Å²) in [6.07, 6.45) is 9.98. The minimum atomic E-state index is -1.94. The Bertz CT molecular complexity index is 1610. The molecule has 4 amide bonds. The van der Waals surface area contributed by atoms with Crippen molar-refractivity contribution in [2.45, 2.75) is 63.9 Å². The van der Waals surface area contributed by atoms with Gasteiger partial charge in [-0.25, -0.2) is 4.98 Å². The number of hydrogen-bond donors (Lipinski definition) is 1. The van der Waals surface area contributed by atoms with Crippen molar-refractivity contribution in [1.82, 2.24) is 25.0 Å². The van der Waals surface area contributed by atoms with E-state index in [4.69, 9.17) is 1.37 Å². The number of hydrogen-bond acceptors (Lipinski definition) is 6. The van der Waals surface area contributed by atoms with Crippen molar-refractivity contribution < 1.29 is 20.5 Å². The number of nitrogens with one attached hydrogen (secondary N) is 1. The summed E-state index contributed by atoms with van der Waals surface area (Å²) in [4.78, 5) is 58.4. The minimum absolute atomic E-state index is 0.0182. The van der Waals surface area contributed by atoms with Crippen LogP contribution in [0.25, 0.3) is 10.8 Å². The molecule has 1 aromatic carbocycles. The predicted molar refractivity (Wildman–Crippen MR) is 146 cm³/mol. The Morgan fingerprint density at radius 2 is 1.93 bits per heavy atom. The normalized spacial score (nSPS) is 27.1. The van der Waals surface area contributed by atoms with Crippen LogP contribution in [0.5, 0.6) is 0 Å². The molecular weight excluding hydrogens is 508 g/mol. The largest absolute Gasteiger partial charge is 0.342 e. The molecular formula is C30H32N6O4. The van der Waals surface area contributed by atoms with Crippen LogP contribution in [-0.2, 0) is 20.8 Å². The van der Waals surface area contributed by atoms with Crippen molar-refractivity contribution in [3.05, 3.63) is 53.5 Å². The Balaban J connectivity index is 1.10.